The van der Waals surface area contributed by atoms with Gasteiger partial charge in [0.15, 0.2) is 0 Å². The number of aromatic nitrogens is 1. The lowest BCUT2D eigenvalue weighted by Crippen LogP contribution is -2.43. The van der Waals surface area contributed by atoms with Crippen molar-refractivity contribution < 1.29 is 14.2 Å². The largest absolute Gasteiger partial charge is 0.491 e. The van der Waals surface area contributed by atoms with Gasteiger partial charge in [0.25, 0.3) is 0 Å². The molecule has 2 aromatic rings. The van der Waals surface area contributed by atoms with Crippen LogP contribution in [-0.4, -0.2) is 60.6 Å². The molecule has 0 amide bonds. The van der Waals surface area contributed by atoms with E-state index in [2.05, 4.69) is 14.8 Å². The number of aliphatic hydroxyl groups is 1. The maximum absolute atomic E-state index is 12.1. The van der Waals surface area contributed by atoms with Gasteiger partial charge in [0.1, 0.15) is 24.8 Å². The number of β-amino-alcohol motifs (C(OH)–C–C–N with tert-alkyl or cyclic N) is 1. The van der Waals surface area contributed by atoms with Gasteiger partial charge in [-0.25, -0.2) is 9.37 Å². The lowest BCUT2D eigenvalue weighted by atomic mass is 10.0. The van der Waals surface area contributed by atoms with Crippen molar-refractivity contribution in [1.82, 2.24) is 9.88 Å². The first-order valence-corrected chi connectivity index (χ1v) is 8.93. The van der Waals surface area contributed by atoms with Gasteiger partial charge >= 0.3 is 0 Å². The first-order chi connectivity index (χ1) is 12.6. The maximum Gasteiger partial charge on any atom is 0.128 e. The van der Waals surface area contributed by atoms with Gasteiger partial charge in [-0.15, -0.1) is 0 Å². The monoisotopic (exact) mass is 359 g/mol. The van der Waals surface area contributed by atoms with Crippen LogP contribution in [0.4, 0.5) is 10.2 Å². The molecule has 2 heterocycles. The zero-order chi connectivity index (χ0) is 18.4. The Bertz CT molecular complexity index is 683. The molecule has 1 aliphatic heterocycles. The molecule has 1 N–H and O–H groups in total. The minimum absolute atomic E-state index is 0.0824. The summed E-state index contributed by atoms with van der Waals surface area (Å²) in [6.45, 7) is 2.32. The smallest absolute Gasteiger partial charge is 0.128 e. The second-order valence-corrected chi connectivity index (χ2v) is 6.94. The minimum atomic E-state index is -0.740. The van der Waals surface area contributed by atoms with Gasteiger partial charge in [-0.05, 0) is 43.3 Å². The van der Waals surface area contributed by atoms with Crippen LogP contribution in [0.5, 0.6) is 5.75 Å². The van der Waals surface area contributed by atoms with E-state index in [0.29, 0.717) is 18.8 Å². The van der Waals surface area contributed by atoms with E-state index in [4.69, 9.17) is 4.74 Å². The van der Waals surface area contributed by atoms with E-state index in [1.54, 1.807) is 6.20 Å². The van der Waals surface area contributed by atoms with E-state index in [1.165, 1.54) is 0 Å². The van der Waals surface area contributed by atoms with Crippen molar-refractivity contribution in [3.63, 3.8) is 0 Å². The first-order valence-electron chi connectivity index (χ1n) is 8.93. The van der Waals surface area contributed by atoms with E-state index in [0.717, 1.165) is 30.9 Å². The number of alkyl halides is 1. The molecule has 1 aromatic carbocycles. The molecule has 1 fully saturated rings. The molecule has 0 aliphatic carbocycles. The van der Waals surface area contributed by atoms with Gasteiger partial charge in [-0.2, -0.15) is 0 Å². The SMILES string of the molecule is CN(Cc1ccc(OCCF)cc1)C[C@@]1(O)CCN(c2ccccn2)C1. The van der Waals surface area contributed by atoms with Crippen LogP contribution in [-0.2, 0) is 6.54 Å². The Morgan fingerprint density at radius 1 is 1.27 bits per heavy atom. The van der Waals surface area contributed by atoms with E-state index in [9.17, 15) is 9.50 Å². The van der Waals surface area contributed by atoms with Gasteiger partial charge in [0.05, 0.1) is 5.60 Å². The fourth-order valence-electron chi connectivity index (χ4n) is 3.44. The normalized spacial score (nSPS) is 19.9. The highest BCUT2D eigenvalue weighted by atomic mass is 19.1. The number of benzene rings is 1. The molecule has 1 aliphatic rings. The van der Waals surface area contributed by atoms with E-state index in [-0.39, 0.29) is 6.61 Å². The summed E-state index contributed by atoms with van der Waals surface area (Å²) in [6, 6.07) is 13.5. The lowest BCUT2D eigenvalue weighted by Gasteiger charge is -2.29. The van der Waals surface area contributed by atoms with Crippen molar-refractivity contribution in [3.8, 4) is 5.75 Å². The van der Waals surface area contributed by atoms with Crippen LogP contribution in [0.15, 0.2) is 48.7 Å². The van der Waals surface area contributed by atoms with Crippen molar-refractivity contribution in [2.24, 2.45) is 0 Å². The van der Waals surface area contributed by atoms with Gasteiger partial charge < -0.3 is 14.7 Å². The summed E-state index contributed by atoms with van der Waals surface area (Å²) in [5.41, 5.74) is 0.388. The summed E-state index contributed by atoms with van der Waals surface area (Å²) in [6.07, 6.45) is 2.50. The second kappa shape index (κ2) is 8.47. The number of nitrogens with zero attached hydrogens (tertiary/aromatic N) is 3. The number of hydrogen-bond donors (Lipinski definition) is 1. The molecule has 3 rings (SSSR count). The Hall–Kier alpha value is -2.18. The minimum Gasteiger partial charge on any atom is -0.491 e. The standard InChI is InChI=1S/C20H26FN3O2/c1-23(14-17-5-7-18(8-6-17)26-13-10-21)15-20(25)9-12-24(16-20)19-4-2-3-11-22-19/h2-8,11,25H,9-10,12-16H2,1H3/t20-/m0/s1. The van der Waals surface area contributed by atoms with Gasteiger partial charge in [0, 0.05) is 32.4 Å². The van der Waals surface area contributed by atoms with E-state index in [1.807, 2.05) is 49.5 Å². The Balaban J connectivity index is 1.52. The summed E-state index contributed by atoms with van der Waals surface area (Å²) in [4.78, 5) is 8.62. The average molecular weight is 359 g/mol. The Morgan fingerprint density at radius 3 is 2.77 bits per heavy atom. The number of anilines is 1. The molecule has 0 unspecified atom stereocenters. The van der Waals surface area contributed by atoms with Gasteiger partial charge in [0.2, 0.25) is 0 Å². The fraction of sp³-hybridized carbons (Fsp3) is 0.450. The summed E-state index contributed by atoms with van der Waals surface area (Å²) in [5, 5.41) is 10.9. The van der Waals surface area contributed by atoms with Crippen LogP contribution in [0.3, 0.4) is 0 Å². The van der Waals surface area contributed by atoms with Crippen molar-refractivity contribution in [1.29, 1.82) is 0 Å². The van der Waals surface area contributed by atoms with Crippen molar-refractivity contribution in [2.75, 3.05) is 44.9 Å². The number of halogens is 1. The molecule has 0 spiro atoms. The molecule has 0 radical (unpaired) electrons. The number of rotatable bonds is 8. The molecule has 5 nitrogen and oxygen atoms in total. The topological polar surface area (TPSA) is 48.8 Å². The Labute approximate surface area is 154 Å². The van der Waals surface area contributed by atoms with E-state index < -0.39 is 12.3 Å². The molecule has 0 saturated carbocycles. The van der Waals surface area contributed by atoms with Crippen LogP contribution in [0.25, 0.3) is 0 Å². The number of likely N-dealkylation sites (N-methyl/N-ethyl adjacent to an activating group) is 1. The molecule has 0 bridgehead atoms. The Morgan fingerprint density at radius 2 is 2.08 bits per heavy atom. The molecule has 26 heavy (non-hydrogen) atoms. The van der Waals surface area contributed by atoms with Crippen molar-refractivity contribution >= 4 is 5.82 Å². The van der Waals surface area contributed by atoms with Gasteiger partial charge in [-0.3, -0.25) is 4.90 Å². The quantitative estimate of drug-likeness (QED) is 0.785. The Kier molecular flexibility index (Phi) is 6.06. The molecule has 6 heteroatoms. The molecular formula is C20H26FN3O2. The molecule has 1 aromatic heterocycles. The van der Waals surface area contributed by atoms with E-state index >= 15 is 0 Å². The van der Waals surface area contributed by atoms with Crippen LogP contribution in [0.1, 0.15) is 12.0 Å². The average Bonchev–Trinajstić information content (AvgIpc) is 3.03. The van der Waals surface area contributed by atoms with Crippen LogP contribution >= 0.6 is 0 Å². The van der Waals surface area contributed by atoms with Crippen LogP contribution in [0, 0.1) is 0 Å². The van der Waals surface area contributed by atoms with Crippen LogP contribution < -0.4 is 9.64 Å². The maximum atomic E-state index is 12.1. The third kappa shape index (κ3) is 4.93. The van der Waals surface area contributed by atoms with Gasteiger partial charge in [-0.1, -0.05) is 18.2 Å². The number of ether oxygens (including phenoxy) is 1. The highest BCUT2D eigenvalue weighted by molar-refractivity contribution is 5.40. The molecular weight excluding hydrogens is 333 g/mol. The highest BCUT2D eigenvalue weighted by Gasteiger charge is 2.37. The summed E-state index contributed by atoms with van der Waals surface area (Å²) >= 11 is 0. The number of pyridine rings is 1. The zero-order valence-electron chi connectivity index (χ0n) is 15.1. The number of hydrogen-bond acceptors (Lipinski definition) is 5. The summed E-state index contributed by atoms with van der Waals surface area (Å²) < 4.78 is 17.4. The highest BCUT2D eigenvalue weighted by Crippen LogP contribution is 2.26. The van der Waals surface area contributed by atoms with Crippen LogP contribution in [0.2, 0.25) is 0 Å². The molecule has 1 saturated heterocycles. The first kappa shape index (κ1) is 18.6. The van der Waals surface area contributed by atoms with Crippen molar-refractivity contribution in [3.05, 3.63) is 54.2 Å². The fourth-order valence-corrected chi connectivity index (χ4v) is 3.44. The molecule has 140 valence electrons. The third-order valence-electron chi connectivity index (χ3n) is 4.59. The predicted octanol–water partition coefficient (Wildman–Crippen LogP) is 2.50. The predicted molar refractivity (Wildman–Crippen MR) is 100 cm³/mol. The lowest BCUT2D eigenvalue weighted by molar-refractivity contribution is 0.0279. The third-order valence-corrected chi connectivity index (χ3v) is 4.59. The molecule has 1 atom stereocenters. The zero-order valence-corrected chi connectivity index (χ0v) is 15.1. The van der Waals surface area contributed by atoms with Crippen molar-refractivity contribution in [2.45, 2.75) is 18.6 Å². The summed E-state index contributed by atoms with van der Waals surface area (Å²) in [5.74, 6) is 1.59. The second-order valence-electron chi connectivity index (χ2n) is 6.94. The summed E-state index contributed by atoms with van der Waals surface area (Å²) in [7, 11) is 2.01.